The molecule has 3 unspecified atom stereocenters. The van der Waals surface area contributed by atoms with Crippen molar-refractivity contribution in [2.24, 2.45) is 16.7 Å². The Bertz CT molecular complexity index is 1540. The SMILES string of the molecule is CC(CC(C)(C)OC(C)CC(C)(C)C(C)(C)OCCC(C)(C)C(C)(C)OCC(C)C(C)(C)NC(=O)C(=O)c1ccccc1)NC(=O)C(=O)c1ccccc1. The van der Waals surface area contributed by atoms with Gasteiger partial charge < -0.3 is 24.8 Å². The summed E-state index contributed by atoms with van der Waals surface area (Å²) in [6, 6.07) is 16.9. The number of hydrogen-bond donors (Lipinski definition) is 2. The zero-order chi connectivity index (χ0) is 41.3. The Morgan fingerprint density at radius 2 is 1.07 bits per heavy atom. The first-order chi connectivity index (χ1) is 24.6. The molecule has 2 amide bonds. The van der Waals surface area contributed by atoms with Crippen LogP contribution in [0.1, 0.15) is 144 Å². The number of carbonyl (C=O) groups excluding carboxylic acids is 4. The van der Waals surface area contributed by atoms with E-state index >= 15 is 0 Å². The van der Waals surface area contributed by atoms with Crippen molar-refractivity contribution >= 4 is 23.4 Å². The summed E-state index contributed by atoms with van der Waals surface area (Å²) in [6.07, 6.45) is 1.95. The fourth-order valence-electron chi connectivity index (χ4n) is 6.39. The molecule has 0 heterocycles. The van der Waals surface area contributed by atoms with E-state index in [-0.39, 0.29) is 28.9 Å². The molecule has 2 aromatic rings. The summed E-state index contributed by atoms with van der Waals surface area (Å²) in [5.74, 6) is -2.42. The molecule has 0 aromatic heterocycles. The van der Waals surface area contributed by atoms with Gasteiger partial charge in [-0.2, -0.15) is 0 Å². The molecule has 0 fully saturated rings. The summed E-state index contributed by atoms with van der Waals surface area (Å²) in [6.45, 7) is 32.0. The highest BCUT2D eigenvalue weighted by Crippen LogP contribution is 2.42. The molecule has 0 aliphatic heterocycles. The van der Waals surface area contributed by atoms with Crippen LogP contribution in [-0.4, -0.2) is 71.1 Å². The lowest BCUT2D eigenvalue weighted by atomic mass is 9.72. The van der Waals surface area contributed by atoms with E-state index in [9.17, 15) is 19.2 Å². The lowest BCUT2D eigenvalue weighted by Gasteiger charge is -2.46. The lowest BCUT2D eigenvalue weighted by molar-refractivity contribution is -0.154. The Morgan fingerprint density at radius 1 is 0.611 bits per heavy atom. The van der Waals surface area contributed by atoms with Crippen LogP contribution >= 0.6 is 0 Å². The largest absolute Gasteiger partial charge is 0.375 e. The second kappa shape index (κ2) is 18.5. The van der Waals surface area contributed by atoms with Crippen molar-refractivity contribution in [1.29, 1.82) is 0 Å². The summed E-state index contributed by atoms with van der Waals surface area (Å²) in [5.41, 5.74) is -1.96. The topological polar surface area (TPSA) is 120 Å². The van der Waals surface area contributed by atoms with Gasteiger partial charge in [0.1, 0.15) is 0 Å². The standard InChI is InChI=1S/C45H70N2O7/c1-31(43(10,11)47-39(51)37(49)35-24-20-17-21-25-35)30-53-44(12,13)40(4,5)26-27-52-45(14,15)41(6,7)29-33(3)54-42(8,9)28-32(2)46-38(50)36(48)34-22-18-16-19-23-34/h16-25,31-33H,26-30H2,1-15H3,(H,46,50)(H,47,51). The average molecular weight is 751 g/mol. The van der Waals surface area contributed by atoms with Crippen LogP contribution in [0.4, 0.5) is 0 Å². The van der Waals surface area contributed by atoms with Gasteiger partial charge in [0.25, 0.3) is 11.8 Å². The smallest absolute Gasteiger partial charge is 0.292 e. The zero-order valence-electron chi connectivity index (χ0n) is 35.9. The van der Waals surface area contributed by atoms with Crippen molar-refractivity contribution in [1.82, 2.24) is 10.6 Å². The number of carbonyl (C=O) groups is 4. The second-order valence-electron chi connectivity index (χ2n) is 18.6. The number of amides is 2. The molecule has 0 bridgehead atoms. The monoisotopic (exact) mass is 751 g/mol. The Hall–Kier alpha value is -3.40. The molecule has 0 aliphatic rings. The lowest BCUT2D eigenvalue weighted by Crippen LogP contribution is -2.53. The molecular weight excluding hydrogens is 681 g/mol. The Morgan fingerprint density at radius 3 is 1.57 bits per heavy atom. The minimum atomic E-state index is -0.673. The average Bonchev–Trinajstić information content (AvgIpc) is 3.05. The van der Waals surface area contributed by atoms with Gasteiger partial charge in [-0.05, 0) is 99.3 Å². The van der Waals surface area contributed by atoms with E-state index < -0.39 is 45.7 Å². The van der Waals surface area contributed by atoms with Crippen molar-refractivity contribution in [3.8, 4) is 0 Å². The number of benzene rings is 2. The van der Waals surface area contributed by atoms with Crippen molar-refractivity contribution < 1.29 is 33.4 Å². The van der Waals surface area contributed by atoms with Crippen LogP contribution in [0.3, 0.4) is 0 Å². The molecule has 0 radical (unpaired) electrons. The Balaban J connectivity index is 1.89. The van der Waals surface area contributed by atoms with E-state index in [4.69, 9.17) is 14.2 Å². The van der Waals surface area contributed by atoms with Crippen LogP contribution in [0.2, 0.25) is 0 Å². The van der Waals surface area contributed by atoms with Crippen LogP contribution in [0.25, 0.3) is 0 Å². The minimum absolute atomic E-state index is 0.0731. The molecule has 0 aliphatic carbocycles. The first-order valence-electron chi connectivity index (χ1n) is 19.4. The summed E-state index contributed by atoms with van der Waals surface area (Å²) in [7, 11) is 0. The molecule has 0 saturated carbocycles. The van der Waals surface area contributed by atoms with Gasteiger partial charge in [0.05, 0.1) is 29.5 Å². The fraction of sp³-hybridized carbons (Fsp3) is 0.644. The molecule has 0 spiro atoms. The molecule has 3 atom stereocenters. The number of ether oxygens (including phenoxy) is 3. The van der Waals surface area contributed by atoms with Crippen LogP contribution < -0.4 is 10.6 Å². The van der Waals surface area contributed by atoms with Gasteiger partial charge in [0, 0.05) is 35.2 Å². The van der Waals surface area contributed by atoms with Crippen molar-refractivity contribution in [2.45, 2.75) is 158 Å². The van der Waals surface area contributed by atoms with E-state index in [0.717, 1.165) is 12.8 Å². The number of ketones is 2. The third kappa shape index (κ3) is 13.4. The minimum Gasteiger partial charge on any atom is -0.375 e. The molecule has 9 heteroatoms. The van der Waals surface area contributed by atoms with Gasteiger partial charge >= 0.3 is 0 Å². The maximum atomic E-state index is 12.8. The van der Waals surface area contributed by atoms with Crippen LogP contribution in [0.15, 0.2) is 60.7 Å². The van der Waals surface area contributed by atoms with Crippen molar-refractivity contribution in [2.75, 3.05) is 13.2 Å². The molecule has 54 heavy (non-hydrogen) atoms. The van der Waals surface area contributed by atoms with E-state index in [1.807, 2.05) is 53.7 Å². The van der Waals surface area contributed by atoms with Gasteiger partial charge in [-0.3, -0.25) is 19.2 Å². The molecule has 2 rings (SSSR count). The van der Waals surface area contributed by atoms with Gasteiger partial charge in [-0.1, -0.05) is 95.3 Å². The normalized spacial score (nSPS) is 14.9. The second-order valence-corrected chi connectivity index (χ2v) is 18.6. The van der Waals surface area contributed by atoms with E-state index in [2.05, 4.69) is 72.9 Å². The van der Waals surface area contributed by atoms with Crippen molar-refractivity contribution in [3.63, 3.8) is 0 Å². The van der Waals surface area contributed by atoms with Gasteiger partial charge in [-0.25, -0.2) is 0 Å². The predicted octanol–water partition coefficient (Wildman–Crippen LogP) is 8.78. The van der Waals surface area contributed by atoms with E-state index in [1.165, 1.54) is 0 Å². The third-order valence-corrected chi connectivity index (χ3v) is 11.8. The number of Topliss-reactive ketones (excluding diaryl/α,β-unsaturated/α-hetero) is 2. The van der Waals surface area contributed by atoms with Crippen LogP contribution in [0, 0.1) is 16.7 Å². The summed E-state index contributed by atoms with van der Waals surface area (Å²) in [4.78, 5) is 50.6. The Labute approximate surface area is 326 Å². The van der Waals surface area contributed by atoms with Crippen molar-refractivity contribution in [3.05, 3.63) is 71.8 Å². The molecule has 9 nitrogen and oxygen atoms in total. The molecular formula is C45H70N2O7. The highest BCUT2D eigenvalue weighted by Gasteiger charge is 2.43. The zero-order valence-corrected chi connectivity index (χ0v) is 35.9. The number of nitrogens with one attached hydrogen (secondary N) is 2. The molecule has 302 valence electrons. The number of rotatable bonds is 22. The maximum absolute atomic E-state index is 12.8. The molecule has 2 N–H and O–H groups in total. The highest BCUT2D eigenvalue weighted by molar-refractivity contribution is 6.43. The predicted molar refractivity (Wildman–Crippen MR) is 217 cm³/mol. The first kappa shape index (κ1) is 46.8. The quantitative estimate of drug-likeness (QED) is 0.0912. The fourth-order valence-corrected chi connectivity index (χ4v) is 6.39. The Kier molecular flexibility index (Phi) is 16.0. The third-order valence-electron chi connectivity index (χ3n) is 11.8. The van der Waals surface area contributed by atoms with Gasteiger partial charge in [0.15, 0.2) is 0 Å². The molecule has 0 saturated heterocycles. The van der Waals surface area contributed by atoms with E-state index in [0.29, 0.717) is 30.8 Å². The maximum Gasteiger partial charge on any atom is 0.292 e. The summed E-state index contributed by atoms with van der Waals surface area (Å²) >= 11 is 0. The van der Waals surface area contributed by atoms with Gasteiger partial charge in [0.2, 0.25) is 11.6 Å². The van der Waals surface area contributed by atoms with Gasteiger partial charge in [-0.15, -0.1) is 0 Å². The summed E-state index contributed by atoms with van der Waals surface area (Å²) in [5, 5.41) is 5.76. The van der Waals surface area contributed by atoms with Crippen LogP contribution in [0.5, 0.6) is 0 Å². The highest BCUT2D eigenvalue weighted by atomic mass is 16.5. The summed E-state index contributed by atoms with van der Waals surface area (Å²) < 4.78 is 19.7. The van der Waals surface area contributed by atoms with Crippen LogP contribution in [-0.2, 0) is 23.8 Å². The first-order valence-corrected chi connectivity index (χ1v) is 19.4. The number of hydrogen-bond acceptors (Lipinski definition) is 7. The van der Waals surface area contributed by atoms with E-state index in [1.54, 1.807) is 48.5 Å². The molecule has 2 aromatic carbocycles.